The Labute approximate surface area is 133 Å². The number of rotatable bonds is 2. The molecule has 1 aliphatic rings. The number of nitrogens with zero attached hydrogens (tertiary/aromatic N) is 3. The predicted molar refractivity (Wildman–Crippen MR) is 78.1 cm³/mol. The van der Waals surface area contributed by atoms with Gasteiger partial charge in [-0.05, 0) is 6.07 Å². The summed E-state index contributed by atoms with van der Waals surface area (Å²) in [6.45, 7) is 0.352. The molecule has 0 saturated heterocycles. The molecule has 2 N–H and O–H groups in total. The highest BCUT2D eigenvalue weighted by atomic mass is 35.5. The van der Waals surface area contributed by atoms with E-state index in [2.05, 4.69) is 15.2 Å². The molecule has 0 aromatic carbocycles. The van der Waals surface area contributed by atoms with Gasteiger partial charge in [-0.2, -0.15) is 5.10 Å². The van der Waals surface area contributed by atoms with E-state index >= 15 is 0 Å². The molecule has 4 heterocycles. The van der Waals surface area contributed by atoms with Gasteiger partial charge in [0.2, 0.25) is 0 Å². The van der Waals surface area contributed by atoms with Crippen LogP contribution in [0.5, 0.6) is 0 Å². The number of aromatic carboxylic acids is 1. The second-order valence-electron chi connectivity index (χ2n) is 5.11. The highest BCUT2D eigenvalue weighted by Crippen LogP contribution is 2.31. The van der Waals surface area contributed by atoms with Crippen molar-refractivity contribution in [3.8, 4) is 0 Å². The summed E-state index contributed by atoms with van der Waals surface area (Å²) in [7, 11) is 0. The van der Waals surface area contributed by atoms with Crippen molar-refractivity contribution >= 4 is 34.5 Å². The van der Waals surface area contributed by atoms with Gasteiger partial charge in [-0.3, -0.25) is 9.89 Å². The van der Waals surface area contributed by atoms with Gasteiger partial charge in [0.1, 0.15) is 23.3 Å². The quantitative estimate of drug-likeness (QED) is 0.742. The summed E-state index contributed by atoms with van der Waals surface area (Å²) in [6.07, 6.45) is 2.70. The van der Waals surface area contributed by atoms with Crippen LogP contribution in [0.4, 0.5) is 0 Å². The van der Waals surface area contributed by atoms with Crippen molar-refractivity contribution in [2.24, 2.45) is 0 Å². The van der Waals surface area contributed by atoms with Crippen molar-refractivity contribution in [1.82, 2.24) is 20.1 Å². The number of carboxylic acids is 1. The lowest BCUT2D eigenvalue weighted by Crippen LogP contribution is -2.26. The standard InChI is InChI=1S/C14H9ClN4O4/c15-8-1-2-16-12-10(8)11(17-18-12)13(20)19-3-6-7(14(21)22)5-23-9(6)4-19/h1-2,5H,3-4H2,(H,21,22)(H,16,17,18). The van der Waals surface area contributed by atoms with Crippen LogP contribution in [-0.2, 0) is 13.1 Å². The minimum atomic E-state index is -1.08. The molecule has 0 radical (unpaired) electrons. The molecule has 0 fully saturated rings. The fraction of sp³-hybridized carbons (Fsp3) is 0.143. The molecule has 0 aliphatic carbocycles. The Morgan fingerprint density at radius 2 is 2.22 bits per heavy atom. The molecule has 9 heteroatoms. The molecule has 1 amide bonds. The van der Waals surface area contributed by atoms with Crippen molar-refractivity contribution in [3.63, 3.8) is 0 Å². The van der Waals surface area contributed by atoms with Crippen LogP contribution >= 0.6 is 11.6 Å². The fourth-order valence-electron chi connectivity index (χ4n) is 2.69. The van der Waals surface area contributed by atoms with E-state index in [0.29, 0.717) is 27.4 Å². The number of furan rings is 1. The van der Waals surface area contributed by atoms with Gasteiger partial charge in [0.15, 0.2) is 5.65 Å². The van der Waals surface area contributed by atoms with Crippen LogP contribution in [0.1, 0.15) is 32.2 Å². The first-order chi connectivity index (χ1) is 11.1. The minimum Gasteiger partial charge on any atom is -0.478 e. The normalized spacial score (nSPS) is 13.5. The topological polar surface area (TPSA) is 112 Å². The Balaban J connectivity index is 1.69. The second kappa shape index (κ2) is 4.82. The summed E-state index contributed by atoms with van der Waals surface area (Å²) in [5.74, 6) is -0.947. The van der Waals surface area contributed by atoms with E-state index in [1.807, 2.05) is 0 Å². The van der Waals surface area contributed by atoms with E-state index in [0.717, 1.165) is 0 Å². The number of H-pyrrole nitrogens is 1. The van der Waals surface area contributed by atoms with Crippen molar-refractivity contribution in [1.29, 1.82) is 0 Å². The number of halogens is 1. The van der Waals surface area contributed by atoms with Crippen LogP contribution in [0.15, 0.2) is 22.9 Å². The number of carboxylic acid groups (broad SMARTS) is 1. The maximum Gasteiger partial charge on any atom is 0.339 e. The maximum absolute atomic E-state index is 12.7. The summed E-state index contributed by atoms with van der Waals surface area (Å²) in [6, 6.07) is 1.58. The largest absolute Gasteiger partial charge is 0.478 e. The lowest BCUT2D eigenvalue weighted by Gasteiger charge is -2.14. The minimum absolute atomic E-state index is 0.0736. The van der Waals surface area contributed by atoms with E-state index < -0.39 is 5.97 Å². The first kappa shape index (κ1) is 13.8. The van der Waals surface area contributed by atoms with Crippen LogP contribution < -0.4 is 0 Å². The van der Waals surface area contributed by atoms with Crippen molar-refractivity contribution in [2.75, 3.05) is 0 Å². The Hall–Kier alpha value is -2.87. The van der Waals surface area contributed by atoms with Crippen molar-refractivity contribution in [2.45, 2.75) is 13.1 Å². The molecule has 1 aliphatic heterocycles. The average Bonchev–Trinajstić information content (AvgIpc) is 3.19. The molecular formula is C14H9ClN4O4. The maximum atomic E-state index is 12.7. The lowest BCUT2D eigenvalue weighted by atomic mass is 10.2. The Bertz CT molecular complexity index is 961. The van der Waals surface area contributed by atoms with Gasteiger partial charge in [0.05, 0.1) is 23.5 Å². The van der Waals surface area contributed by atoms with Crippen LogP contribution in [0.2, 0.25) is 5.02 Å². The van der Waals surface area contributed by atoms with Crippen molar-refractivity contribution in [3.05, 3.63) is 46.1 Å². The number of carbonyl (C=O) groups excluding carboxylic acids is 1. The van der Waals surface area contributed by atoms with Gasteiger partial charge in [0.25, 0.3) is 5.91 Å². The summed E-state index contributed by atoms with van der Waals surface area (Å²) < 4.78 is 5.24. The van der Waals surface area contributed by atoms with Gasteiger partial charge >= 0.3 is 5.97 Å². The molecule has 0 spiro atoms. The number of hydrogen-bond donors (Lipinski definition) is 2. The van der Waals surface area contributed by atoms with Gasteiger partial charge < -0.3 is 14.4 Å². The predicted octanol–water partition coefficient (Wildman–Crippen LogP) is 2.06. The molecule has 4 rings (SSSR count). The Kier molecular flexibility index (Phi) is 2.88. The number of carbonyl (C=O) groups is 2. The molecular weight excluding hydrogens is 324 g/mol. The fourth-order valence-corrected chi connectivity index (χ4v) is 2.93. The van der Waals surface area contributed by atoms with Gasteiger partial charge in [-0.1, -0.05) is 11.6 Å². The molecule has 116 valence electrons. The van der Waals surface area contributed by atoms with Crippen LogP contribution in [0, 0.1) is 0 Å². The van der Waals surface area contributed by atoms with Crippen LogP contribution in [0.25, 0.3) is 11.0 Å². The van der Waals surface area contributed by atoms with Crippen molar-refractivity contribution < 1.29 is 19.1 Å². The molecule has 8 nitrogen and oxygen atoms in total. The van der Waals surface area contributed by atoms with E-state index in [1.54, 1.807) is 6.07 Å². The SMILES string of the molecule is O=C(O)c1coc2c1CN(C(=O)c1[nH]nc3nccc(Cl)c13)C2. The first-order valence-corrected chi connectivity index (χ1v) is 7.04. The zero-order chi connectivity index (χ0) is 16.1. The third-order valence-corrected chi connectivity index (χ3v) is 4.11. The molecule has 0 bridgehead atoms. The average molecular weight is 333 g/mol. The zero-order valence-corrected chi connectivity index (χ0v) is 12.3. The number of aromatic amines is 1. The Morgan fingerprint density at radius 1 is 1.39 bits per heavy atom. The highest BCUT2D eigenvalue weighted by molar-refractivity contribution is 6.36. The number of fused-ring (bicyclic) bond motifs is 2. The molecule has 0 unspecified atom stereocenters. The lowest BCUT2D eigenvalue weighted by molar-refractivity contribution is 0.0683. The third-order valence-electron chi connectivity index (χ3n) is 3.80. The number of nitrogens with one attached hydrogen (secondary N) is 1. The molecule has 23 heavy (non-hydrogen) atoms. The van der Waals surface area contributed by atoms with Gasteiger partial charge in [-0.25, -0.2) is 9.78 Å². The third kappa shape index (κ3) is 1.99. The van der Waals surface area contributed by atoms with Crippen LogP contribution in [-0.4, -0.2) is 37.1 Å². The first-order valence-electron chi connectivity index (χ1n) is 6.66. The van der Waals surface area contributed by atoms with E-state index in [9.17, 15) is 9.59 Å². The Morgan fingerprint density at radius 3 is 3.00 bits per heavy atom. The van der Waals surface area contributed by atoms with E-state index in [-0.39, 0.29) is 30.3 Å². The number of pyridine rings is 1. The van der Waals surface area contributed by atoms with E-state index in [4.69, 9.17) is 21.1 Å². The molecule has 3 aromatic rings. The molecule has 3 aromatic heterocycles. The van der Waals surface area contributed by atoms with E-state index in [1.165, 1.54) is 17.4 Å². The van der Waals surface area contributed by atoms with Gasteiger partial charge in [-0.15, -0.1) is 0 Å². The van der Waals surface area contributed by atoms with Gasteiger partial charge in [0, 0.05) is 11.8 Å². The highest BCUT2D eigenvalue weighted by Gasteiger charge is 2.33. The summed E-state index contributed by atoms with van der Waals surface area (Å²) in [5.41, 5.74) is 1.16. The zero-order valence-electron chi connectivity index (χ0n) is 11.5. The monoisotopic (exact) mass is 332 g/mol. The van der Waals surface area contributed by atoms with Crippen LogP contribution in [0.3, 0.4) is 0 Å². The molecule has 0 atom stereocenters. The number of aromatic nitrogens is 3. The summed E-state index contributed by atoms with van der Waals surface area (Å²) in [5, 5.41) is 16.6. The summed E-state index contributed by atoms with van der Waals surface area (Å²) >= 11 is 6.12. The summed E-state index contributed by atoms with van der Waals surface area (Å²) in [4.78, 5) is 29.4. The smallest absolute Gasteiger partial charge is 0.339 e. The second-order valence-corrected chi connectivity index (χ2v) is 5.51. The molecule has 0 saturated carbocycles. The number of hydrogen-bond acceptors (Lipinski definition) is 5. The number of amides is 1.